The maximum Gasteiger partial charge on any atom is 0.501 e. The van der Waals surface area contributed by atoms with Crippen LogP contribution < -0.4 is 5.32 Å². The molecule has 0 rings (SSSR count). The minimum atomic E-state index is -5.32. The number of hydrogen-bond acceptors (Lipinski definition) is 3. The fourth-order valence-corrected chi connectivity index (χ4v) is 1.33. The first-order valence-electron chi connectivity index (χ1n) is 4.01. The molecular formula is C8H10F3NO3S. The van der Waals surface area contributed by atoms with Crippen molar-refractivity contribution in [1.29, 1.82) is 0 Å². The zero-order chi connectivity index (χ0) is 13.0. The monoisotopic (exact) mass is 257 g/mol. The molecule has 0 aliphatic heterocycles. The van der Waals surface area contributed by atoms with E-state index >= 15 is 0 Å². The first-order valence-corrected chi connectivity index (χ1v) is 5.49. The van der Waals surface area contributed by atoms with E-state index in [1.165, 1.54) is 0 Å². The average molecular weight is 257 g/mol. The maximum atomic E-state index is 12.0. The number of halogens is 3. The Bertz CT molecular complexity index is 409. The highest BCUT2D eigenvalue weighted by atomic mass is 32.2. The summed E-state index contributed by atoms with van der Waals surface area (Å²) in [6.45, 7) is 3.61. The summed E-state index contributed by atoms with van der Waals surface area (Å²) in [6.07, 6.45) is 1.69. The first-order chi connectivity index (χ1) is 7.13. The van der Waals surface area contributed by atoms with Crippen molar-refractivity contribution in [2.75, 3.05) is 6.54 Å². The van der Waals surface area contributed by atoms with Gasteiger partial charge in [0.1, 0.15) is 0 Å². The number of hydrogen-bond donors (Lipinski definition) is 1. The van der Waals surface area contributed by atoms with Crippen molar-refractivity contribution in [3.63, 3.8) is 0 Å². The Balaban J connectivity index is 4.69. The Labute approximate surface area is 90.7 Å². The summed E-state index contributed by atoms with van der Waals surface area (Å²) in [7, 11) is -5.30. The van der Waals surface area contributed by atoms with Crippen LogP contribution in [-0.4, -0.2) is 26.4 Å². The van der Waals surface area contributed by atoms with Crippen LogP contribution in [0.1, 0.15) is 6.92 Å². The molecule has 1 amide bonds. The second-order valence-electron chi connectivity index (χ2n) is 2.71. The molecule has 0 heterocycles. The van der Waals surface area contributed by atoms with Crippen LogP contribution in [0.4, 0.5) is 13.2 Å². The number of sulfone groups is 1. The second kappa shape index (κ2) is 5.15. The first kappa shape index (κ1) is 14.7. The van der Waals surface area contributed by atoms with Crippen molar-refractivity contribution in [1.82, 2.24) is 5.32 Å². The molecular weight excluding hydrogens is 247 g/mol. The van der Waals surface area contributed by atoms with Crippen LogP contribution in [-0.2, 0) is 14.6 Å². The topological polar surface area (TPSA) is 63.2 Å². The smallest absolute Gasteiger partial charge is 0.349 e. The molecule has 0 bridgehead atoms. The molecule has 0 radical (unpaired) electrons. The van der Waals surface area contributed by atoms with Crippen molar-refractivity contribution < 1.29 is 26.4 Å². The highest BCUT2D eigenvalue weighted by Crippen LogP contribution is 2.28. The Morgan fingerprint density at radius 2 is 1.94 bits per heavy atom. The van der Waals surface area contributed by atoms with Crippen LogP contribution in [0, 0.1) is 0 Å². The molecule has 1 N–H and O–H groups in total. The summed E-state index contributed by atoms with van der Waals surface area (Å²) in [5.74, 6) is -0.603. The van der Waals surface area contributed by atoms with E-state index in [2.05, 4.69) is 11.9 Å². The quantitative estimate of drug-likeness (QED) is 0.768. The Morgan fingerprint density at radius 3 is 2.31 bits per heavy atom. The molecule has 0 aliphatic carbocycles. The Morgan fingerprint density at radius 1 is 1.44 bits per heavy atom. The summed E-state index contributed by atoms with van der Waals surface area (Å²) in [4.78, 5) is 9.75. The molecule has 0 atom stereocenters. The number of carbonyl (C=O) groups excluding carboxylic acids is 1. The highest BCUT2D eigenvalue weighted by molar-refractivity contribution is 7.96. The molecule has 0 saturated carbocycles. The van der Waals surface area contributed by atoms with Gasteiger partial charge in [0.2, 0.25) is 5.91 Å². The van der Waals surface area contributed by atoms with Crippen molar-refractivity contribution in [2.24, 2.45) is 0 Å². The number of amides is 1. The lowest BCUT2D eigenvalue weighted by molar-refractivity contribution is -0.116. The average Bonchev–Trinajstić information content (AvgIpc) is 2.15. The number of allylic oxidation sites excluding steroid dienone is 1. The second-order valence-corrected chi connectivity index (χ2v) is 4.83. The van der Waals surface area contributed by atoms with E-state index in [1.54, 1.807) is 0 Å². The van der Waals surface area contributed by atoms with Crippen LogP contribution in [0.15, 0.2) is 23.6 Å². The van der Waals surface area contributed by atoms with Crippen LogP contribution in [0.25, 0.3) is 0 Å². The molecule has 0 aromatic heterocycles. The number of rotatable bonds is 4. The van der Waals surface area contributed by atoms with Gasteiger partial charge in [-0.2, -0.15) is 13.2 Å². The summed E-state index contributed by atoms with van der Waals surface area (Å²) in [5.41, 5.74) is -5.32. The standard InChI is InChI=1S/C8H10F3NO3S/c1-3-7(13)12-5-4-6(2)16(14,15)8(9,10)11/h3-4H,1,5H2,2H3,(H,12,13)/b6-4-. The molecule has 0 unspecified atom stereocenters. The molecule has 0 saturated heterocycles. The zero-order valence-electron chi connectivity index (χ0n) is 8.34. The number of nitrogens with one attached hydrogen (secondary N) is 1. The van der Waals surface area contributed by atoms with Crippen molar-refractivity contribution in [3.05, 3.63) is 23.6 Å². The van der Waals surface area contributed by atoms with E-state index in [0.717, 1.165) is 19.1 Å². The predicted octanol–water partition coefficient (Wildman–Crippen LogP) is 1.13. The van der Waals surface area contributed by atoms with Gasteiger partial charge in [-0.25, -0.2) is 8.42 Å². The lowest BCUT2D eigenvalue weighted by Crippen LogP contribution is -2.25. The molecule has 0 aliphatic rings. The summed E-state index contributed by atoms with van der Waals surface area (Å²) < 4.78 is 57.6. The number of alkyl halides is 3. The van der Waals surface area contributed by atoms with E-state index in [4.69, 9.17) is 0 Å². The third-order valence-corrected chi connectivity index (χ3v) is 3.20. The lowest BCUT2D eigenvalue weighted by Gasteiger charge is -2.08. The molecule has 92 valence electrons. The van der Waals surface area contributed by atoms with E-state index < -0.39 is 26.2 Å². The fraction of sp³-hybridized carbons (Fsp3) is 0.375. The van der Waals surface area contributed by atoms with E-state index in [0.29, 0.717) is 0 Å². The van der Waals surface area contributed by atoms with E-state index in [9.17, 15) is 26.4 Å². The third-order valence-electron chi connectivity index (χ3n) is 1.58. The molecule has 4 nitrogen and oxygen atoms in total. The fourth-order valence-electron chi connectivity index (χ4n) is 0.660. The zero-order valence-corrected chi connectivity index (χ0v) is 9.15. The van der Waals surface area contributed by atoms with Gasteiger partial charge in [-0.1, -0.05) is 12.7 Å². The van der Waals surface area contributed by atoms with E-state index in [1.807, 2.05) is 0 Å². The van der Waals surface area contributed by atoms with Crippen LogP contribution in [0.2, 0.25) is 0 Å². The lowest BCUT2D eigenvalue weighted by atomic mass is 10.5. The molecule has 16 heavy (non-hydrogen) atoms. The highest BCUT2D eigenvalue weighted by Gasteiger charge is 2.46. The van der Waals surface area contributed by atoms with Crippen molar-refractivity contribution in [2.45, 2.75) is 12.4 Å². The van der Waals surface area contributed by atoms with E-state index in [-0.39, 0.29) is 6.54 Å². The normalized spacial score (nSPS) is 13.4. The largest absolute Gasteiger partial charge is 0.501 e. The number of carbonyl (C=O) groups is 1. The van der Waals surface area contributed by atoms with Gasteiger partial charge in [0.25, 0.3) is 9.84 Å². The molecule has 0 spiro atoms. The summed E-state index contributed by atoms with van der Waals surface area (Å²) >= 11 is 0. The van der Waals surface area contributed by atoms with Gasteiger partial charge >= 0.3 is 5.51 Å². The van der Waals surface area contributed by atoms with Gasteiger partial charge in [0.15, 0.2) is 0 Å². The van der Waals surface area contributed by atoms with Gasteiger partial charge in [-0.15, -0.1) is 0 Å². The van der Waals surface area contributed by atoms with Gasteiger partial charge in [-0.05, 0) is 13.0 Å². The summed E-state index contributed by atoms with van der Waals surface area (Å²) in [6, 6.07) is 0. The SMILES string of the molecule is C=CC(=O)NC/C=C(/C)S(=O)(=O)C(F)(F)F. The van der Waals surface area contributed by atoms with Gasteiger partial charge in [-0.3, -0.25) is 4.79 Å². The van der Waals surface area contributed by atoms with Crippen LogP contribution >= 0.6 is 0 Å². The van der Waals surface area contributed by atoms with Crippen molar-refractivity contribution >= 4 is 15.7 Å². The minimum Gasteiger partial charge on any atom is -0.349 e. The van der Waals surface area contributed by atoms with Gasteiger partial charge < -0.3 is 5.32 Å². The third kappa shape index (κ3) is 3.69. The predicted molar refractivity (Wildman–Crippen MR) is 51.9 cm³/mol. The molecule has 0 fully saturated rings. The molecule has 8 heteroatoms. The minimum absolute atomic E-state index is 0.313. The van der Waals surface area contributed by atoms with Crippen molar-refractivity contribution in [3.8, 4) is 0 Å². The Hall–Kier alpha value is -1.31. The summed E-state index contributed by atoms with van der Waals surface area (Å²) in [5, 5.41) is 2.12. The van der Waals surface area contributed by atoms with Gasteiger partial charge in [0.05, 0.1) is 0 Å². The molecule has 0 aromatic rings. The van der Waals surface area contributed by atoms with Crippen LogP contribution in [0.3, 0.4) is 0 Å². The maximum absolute atomic E-state index is 12.0. The Kier molecular flexibility index (Phi) is 4.73. The molecule has 0 aromatic carbocycles. The van der Waals surface area contributed by atoms with Crippen LogP contribution in [0.5, 0.6) is 0 Å². The van der Waals surface area contributed by atoms with Gasteiger partial charge in [0, 0.05) is 11.4 Å².